The van der Waals surface area contributed by atoms with Gasteiger partial charge in [0.25, 0.3) is 0 Å². The number of aliphatic hydroxyl groups excluding tert-OH is 1. The molecule has 0 atom stereocenters. The molecule has 38 heavy (non-hydrogen) atoms. The van der Waals surface area contributed by atoms with E-state index in [0.29, 0.717) is 59.4 Å². The number of ketones is 1. The molecule has 1 saturated carbocycles. The molecule has 10 heteroatoms. The summed E-state index contributed by atoms with van der Waals surface area (Å²) in [5.41, 5.74) is 10.4. The highest BCUT2D eigenvalue weighted by molar-refractivity contribution is 6.00. The van der Waals surface area contributed by atoms with Crippen molar-refractivity contribution in [3.8, 4) is 22.4 Å². The number of carbonyl (C=O) groups is 2. The summed E-state index contributed by atoms with van der Waals surface area (Å²) >= 11 is 0. The first-order valence-electron chi connectivity index (χ1n) is 12.4. The minimum absolute atomic E-state index is 0.0965. The standard InChI is InChI=1S/C28H29N5O5/c1-15-19(4-3-5-20(15)27(36)37)22-7-6-18(12-30-22)21-13-31-33-25(29)23(16(2)35)24(32-26(21)33)17-8-10-28(38,14-34)11-9-17/h3-7,12-13,17,34,38H,8-11,14,29H2,1-2H3,(H,36,37). The third-order valence-corrected chi connectivity index (χ3v) is 7.57. The average molecular weight is 516 g/mol. The number of pyridine rings is 1. The lowest BCUT2D eigenvalue weighted by Gasteiger charge is -2.34. The Morgan fingerprint density at radius 2 is 1.87 bits per heavy atom. The number of nitrogen functional groups attached to an aromatic ring is 1. The van der Waals surface area contributed by atoms with Gasteiger partial charge in [-0.05, 0) is 57.2 Å². The maximum absolute atomic E-state index is 12.6. The number of fused-ring (bicyclic) bond motifs is 1. The largest absolute Gasteiger partial charge is 0.478 e. The van der Waals surface area contributed by atoms with Gasteiger partial charge in [-0.15, -0.1) is 0 Å². The molecule has 0 bridgehead atoms. The fraction of sp³-hybridized carbons (Fsp3) is 0.321. The second-order valence-electron chi connectivity index (χ2n) is 9.98. The predicted molar refractivity (Wildman–Crippen MR) is 141 cm³/mol. The van der Waals surface area contributed by atoms with Gasteiger partial charge in [0.05, 0.1) is 40.9 Å². The van der Waals surface area contributed by atoms with E-state index in [2.05, 4.69) is 10.1 Å². The maximum Gasteiger partial charge on any atom is 0.335 e. The lowest BCUT2D eigenvalue weighted by Crippen LogP contribution is -2.37. The van der Waals surface area contributed by atoms with Crippen LogP contribution in [0.25, 0.3) is 28.0 Å². The molecule has 1 aromatic carbocycles. The van der Waals surface area contributed by atoms with Crippen LogP contribution in [-0.2, 0) is 0 Å². The number of aromatic nitrogens is 4. The highest BCUT2D eigenvalue weighted by Gasteiger charge is 2.36. The normalized spacial score (nSPS) is 19.5. The van der Waals surface area contributed by atoms with Crippen LogP contribution in [0, 0.1) is 6.92 Å². The molecule has 0 saturated heterocycles. The lowest BCUT2D eigenvalue weighted by atomic mass is 9.77. The summed E-state index contributed by atoms with van der Waals surface area (Å²) in [6.45, 7) is 2.90. The molecule has 1 aliphatic rings. The topological polar surface area (TPSA) is 164 Å². The highest BCUT2D eigenvalue weighted by atomic mass is 16.4. The van der Waals surface area contributed by atoms with Gasteiger partial charge in [-0.25, -0.2) is 9.78 Å². The second-order valence-corrected chi connectivity index (χ2v) is 9.98. The maximum atomic E-state index is 12.6. The second kappa shape index (κ2) is 9.62. The van der Waals surface area contributed by atoms with Crippen molar-refractivity contribution in [3.63, 3.8) is 0 Å². The smallest absolute Gasteiger partial charge is 0.335 e. The minimum Gasteiger partial charge on any atom is -0.478 e. The van der Waals surface area contributed by atoms with E-state index in [1.54, 1.807) is 31.5 Å². The first kappa shape index (κ1) is 25.5. The molecule has 10 nitrogen and oxygen atoms in total. The number of carboxylic acids is 1. The fourth-order valence-corrected chi connectivity index (χ4v) is 5.34. The molecule has 1 aliphatic carbocycles. The number of nitrogens with two attached hydrogens (primary N) is 1. The van der Waals surface area contributed by atoms with Gasteiger partial charge in [0.2, 0.25) is 0 Å². The number of carboxylic acid groups (broad SMARTS) is 1. The lowest BCUT2D eigenvalue weighted by molar-refractivity contribution is -0.0458. The van der Waals surface area contributed by atoms with Gasteiger partial charge in [0, 0.05) is 28.8 Å². The number of carbonyl (C=O) groups excluding carboxylic acids is 1. The van der Waals surface area contributed by atoms with Crippen LogP contribution in [0.5, 0.6) is 0 Å². The number of hydrogen-bond donors (Lipinski definition) is 4. The monoisotopic (exact) mass is 515 g/mol. The Balaban J connectivity index is 1.56. The molecule has 5 rings (SSSR count). The zero-order valence-corrected chi connectivity index (χ0v) is 21.2. The third kappa shape index (κ3) is 4.31. The Labute approximate surface area is 218 Å². The zero-order valence-electron chi connectivity index (χ0n) is 21.2. The zero-order chi connectivity index (χ0) is 27.2. The number of hydrogen-bond acceptors (Lipinski definition) is 8. The van der Waals surface area contributed by atoms with Crippen molar-refractivity contribution in [2.45, 2.75) is 51.0 Å². The van der Waals surface area contributed by atoms with Crippen LogP contribution in [-0.4, -0.2) is 58.9 Å². The molecule has 1 fully saturated rings. The summed E-state index contributed by atoms with van der Waals surface area (Å²) in [4.78, 5) is 33.6. The number of rotatable bonds is 6. The van der Waals surface area contributed by atoms with Crippen LogP contribution < -0.4 is 5.73 Å². The quantitative estimate of drug-likeness (QED) is 0.281. The van der Waals surface area contributed by atoms with Crippen molar-refractivity contribution in [2.24, 2.45) is 0 Å². The van der Waals surface area contributed by atoms with E-state index in [9.17, 15) is 24.9 Å². The Morgan fingerprint density at radius 1 is 1.13 bits per heavy atom. The molecule has 0 aliphatic heterocycles. The van der Waals surface area contributed by atoms with Crippen LogP contribution in [0.3, 0.4) is 0 Å². The molecular weight excluding hydrogens is 486 g/mol. The van der Waals surface area contributed by atoms with E-state index in [1.165, 1.54) is 11.4 Å². The van der Waals surface area contributed by atoms with Gasteiger partial charge in [0.15, 0.2) is 11.4 Å². The van der Waals surface area contributed by atoms with Crippen molar-refractivity contribution < 1.29 is 24.9 Å². The summed E-state index contributed by atoms with van der Waals surface area (Å²) in [5, 5.41) is 33.8. The van der Waals surface area contributed by atoms with E-state index in [1.807, 2.05) is 18.2 Å². The molecule has 0 amide bonds. The molecule has 5 N–H and O–H groups in total. The fourth-order valence-electron chi connectivity index (χ4n) is 5.34. The Morgan fingerprint density at radius 3 is 2.47 bits per heavy atom. The van der Waals surface area contributed by atoms with Crippen molar-refractivity contribution in [1.82, 2.24) is 19.6 Å². The Bertz CT molecular complexity index is 1550. The molecule has 196 valence electrons. The van der Waals surface area contributed by atoms with Crippen LogP contribution >= 0.6 is 0 Å². The predicted octanol–water partition coefficient (Wildman–Crippen LogP) is 3.63. The van der Waals surface area contributed by atoms with Crippen LogP contribution in [0.1, 0.15) is 70.5 Å². The van der Waals surface area contributed by atoms with E-state index in [-0.39, 0.29) is 29.7 Å². The van der Waals surface area contributed by atoms with Crippen LogP contribution in [0.15, 0.2) is 42.7 Å². The molecule has 3 heterocycles. The van der Waals surface area contributed by atoms with Gasteiger partial charge in [-0.3, -0.25) is 9.78 Å². The van der Waals surface area contributed by atoms with Gasteiger partial charge < -0.3 is 21.1 Å². The van der Waals surface area contributed by atoms with Crippen molar-refractivity contribution in [2.75, 3.05) is 12.3 Å². The Kier molecular flexibility index (Phi) is 6.46. The van der Waals surface area contributed by atoms with Crippen molar-refractivity contribution >= 4 is 23.2 Å². The van der Waals surface area contributed by atoms with E-state index in [4.69, 9.17) is 10.7 Å². The molecule has 0 spiro atoms. The SMILES string of the molecule is CC(=O)c1c(C2CCC(O)(CO)CC2)nc2c(-c3ccc(-c4cccc(C(=O)O)c4C)nc3)cnn2c1N. The van der Waals surface area contributed by atoms with E-state index < -0.39 is 11.6 Å². The van der Waals surface area contributed by atoms with E-state index >= 15 is 0 Å². The number of nitrogens with zero attached hydrogens (tertiary/aromatic N) is 4. The molecule has 0 radical (unpaired) electrons. The average Bonchev–Trinajstić information content (AvgIpc) is 3.33. The van der Waals surface area contributed by atoms with Crippen molar-refractivity contribution in [1.29, 1.82) is 0 Å². The van der Waals surface area contributed by atoms with E-state index in [0.717, 1.165) is 11.1 Å². The van der Waals surface area contributed by atoms with Gasteiger partial charge >= 0.3 is 5.97 Å². The van der Waals surface area contributed by atoms with Crippen LogP contribution in [0.2, 0.25) is 0 Å². The summed E-state index contributed by atoms with van der Waals surface area (Å²) in [6, 6.07) is 8.77. The molecule has 3 aromatic heterocycles. The summed E-state index contributed by atoms with van der Waals surface area (Å²) in [7, 11) is 0. The summed E-state index contributed by atoms with van der Waals surface area (Å²) in [6.07, 6.45) is 5.24. The van der Waals surface area contributed by atoms with Gasteiger partial charge in [-0.2, -0.15) is 9.61 Å². The molecule has 0 unspecified atom stereocenters. The Hall–Kier alpha value is -4.15. The number of aromatic carboxylic acids is 1. The van der Waals surface area contributed by atoms with Crippen molar-refractivity contribution in [3.05, 3.63) is 65.1 Å². The van der Waals surface area contributed by atoms with Gasteiger partial charge in [0.1, 0.15) is 5.82 Å². The summed E-state index contributed by atoms with van der Waals surface area (Å²) in [5.74, 6) is -1.09. The molecule has 4 aromatic rings. The minimum atomic E-state index is -1.11. The highest BCUT2D eigenvalue weighted by Crippen LogP contribution is 2.40. The van der Waals surface area contributed by atoms with Crippen LogP contribution in [0.4, 0.5) is 5.82 Å². The number of Topliss-reactive ketones (excluding diaryl/α,β-unsaturated/α-hetero) is 1. The van der Waals surface area contributed by atoms with Gasteiger partial charge in [-0.1, -0.05) is 18.2 Å². The number of aliphatic hydroxyl groups is 2. The number of anilines is 1. The first-order chi connectivity index (χ1) is 18.1. The number of benzene rings is 1. The first-order valence-corrected chi connectivity index (χ1v) is 12.4. The third-order valence-electron chi connectivity index (χ3n) is 7.57. The summed E-state index contributed by atoms with van der Waals surface area (Å²) < 4.78 is 1.46. The molecular formula is C28H29N5O5.